The van der Waals surface area contributed by atoms with Crippen LogP contribution >= 0.6 is 0 Å². The van der Waals surface area contributed by atoms with Crippen LogP contribution in [0.5, 0.6) is 5.75 Å². The highest BCUT2D eigenvalue weighted by molar-refractivity contribution is 7.87. The minimum absolute atomic E-state index is 0.0418. The molecule has 8 heteroatoms. The van der Waals surface area contributed by atoms with E-state index in [4.69, 9.17) is 8.92 Å². The highest BCUT2D eigenvalue weighted by atomic mass is 32.2. The number of nitrogens with zero attached hydrogens (tertiary/aromatic N) is 1. The third-order valence-electron chi connectivity index (χ3n) is 5.16. The number of ether oxygens (including phenoxy) is 1. The maximum absolute atomic E-state index is 13.1. The van der Waals surface area contributed by atoms with Crippen molar-refractivity contribution in [2.75, 3.05) is 20.3 Å². The molecule has 0 spiro atoms. The Balaban J connectivity index is 1.74. The Morgan fingerprint density at radius 2 is 1.83 bits per heavy atom. The average Bonchev–Trinajstić information content (AvgIpc) is 3.26. The topological polar surface area (TPSA) is 72.9 Å². The van der Waals surface area contributed by atoms with Crippen LogP contribution in [0.4, 0.5) is 4.39 Å². The number of hydrogen-bond donors (Lipinski definition) is 0. The van der Waals surface area contributed by atoms with Crippen molar-refractivity contribution < 1.29 is 26.5 Å². The molecule has 2 aromatic carbocycles. The Hall–Kier alpha value is -2.45. The fourth-order valence-electron chi connectivity index (χ4n) is 3.59. The summed E-state index contributed by atoms with van der Waals surface area (Å²) in [6.45, 7) is 1.23. The monoisotopic (exact) mass is 435 g/mol. The molecular formula is C22H26FNO5S. The van der Waals surface area contributed by atoms with Gasteiger partial charge in [0, 0.05) is 26.1 Å². The standard InChI is InChI=1S/C22H26FNO5S/c1-28-14-13-24(22(25)18-6-2-3-7-18)16-17-5-4-8-20(15-17)29-30(26,27)21-11-9-19(23)10-12-21/h4-5,8-12,15,18H,2-3,6-7,13-14,16H2,1H3. The van der Waals surface area contributed by atoms with Gasteiger partial charge in [-0.1, -0.05) is 25.0 Å². The Morgan fingerprint density at radius 3 is 2.50 bits per heavy atom. The van der Waals surface area contributed by atoms with E-state index in [1.165, 1.54) is 6.07 Å². The number of methoxy groups -OCH3 is 1. The molecule has 0 unspecified atom stereocenters. The number of carbonyl (C=O) groups excluding carboxylic acids is 1. The van der Waals surface area contributed by atoms with E-state index in [-0.39, 0.29) is 22.5 Å². The first-order valence-electron chi connectivity index (χ1n) is 9.96. The van der Waals surface area contributed by atoms with Crippen molar-refractivity contribution in [1.82, 2.24) is 4.90 Å². The van der Waals surface area contributed by atoms with Gasteiger partial charge in [0.25, 0.3) is 0 Å². The molecule has 30 heavy (non-hydrogen) atoms. The molecule has 2 aromatic rings. The maximum Gasteiger partial charge on any atom is 0.339 e. The molecule has 0 atom stereocenters. The smallest absolute Gasteiger partial charge is 0.339 e. The van der Waals surface area contributed by atoms with Gasteiger partial charge >= 0.3 is 10.1 Å². The minimum atomic E-state index is -4.09. The average molecular weight is 436 g/mol. The van der Waals surface area contributed by atoms with Crippen LogP contribution < -0.4 is 4.18 Å². The van der Waals surface area contributed by atoms with Crippen molar-refractivity contribution in [2.24, 2.45) is 5.92 Å². The van der Waals surface area contributed by atoms with Crippen LogP contribution in [-0.4, -0.2) is 39.5 Å². The highest BCUT2D eigenvalue weighted by Crippen LogP contribution is 2.27. The first kappa shape index (κ1) is 22.2. The zero-order valence-electron chi connectivity index (χ0n) is 16.9. The third-order valence-corrected chi connectivity index (χ3v) is 6.42. The summed E-state index contributed by atoms with van der Waals surface area (Å²) in [5.41, 5.74) is 0.754. The van der Waals surface area contributed by atoms with Crippen molar-refractivity contribution >= 4 is 16.0 Å². The van der Waals surface area contributed by atoms with Crippen LogP contribution in [0.1, 0.15) is 31.2 Å². The molecular weight excluding hydrogens is 409 g/mol. The first-order valence-corrected chi connectivity index (χ1v) is 11.4. The summed E-state index contributed by atoms with van der Waals surface area (Å²) >= 11 is 0. The molecule has 0 heterocycles. The summed E-state index contributed by atoms with van der Waals surface area (Å²) in [7, 11) is -2.50. The van der Waals surface area contributed by atoms with E-state index in [0.717, 1.165) is 55.5 Å². The predicted molar refractivity (Wildman–Crippen MR) is 110 cm³/mol. The minimum Gasteiger partial charge on any atom is -0.383 e. The Labute approximate surface area is 176 Å². The molecule has 0 bridgehead atoms. The van der Waals surface area contributed by atoms with Crippen LogP contribution in [0.25, 0.3) is 0 Å². The van der Waals surface area contributed by atoms with Crippen molar-refractivity contribution in [2.45, 2.75) is 37.1 Å². The van der Waals surface area contributed by atoms with Crippen LogP contribution in [-0.2, 0) is 26.2 Å². The number of carbonyl (C=O) groups is 1. The van der Waals surface area contributed by atoms with Crippen LogP contribution in [0, 0.1) is 11.7 Å². The molecule has 6 nitrogen and oxygen atoms in total. The molecule has 3 rings (SSSR count). The summed E-state index contributed by atoms with van der Waals surface area (Å²) in [6.07, 6.45) is 3.95. The van der Waals surface area contributed by atoms with Gasteiger partial charge in [0.2, 0.25) is 5.91 Å². The van der Waals surface area contributed by atoms with Crippen molar-refractivity contribution in [1.29, 1.82) is 0 Å². The Bertz CT molecular complexity index is 956. The van der Waals surface area contributed by atoms with Gasteiger partial charge in [0.1, 0.15) is 16.5 Å². The zero-order chi connectivity index (χ0) is 21.6. The van der Waals surface area contributed by atoms with Gasteiger partial charge in [-0.05, 0) is 54.8 Å². The molecule has 1 aliphatic rings. The van der Waals surface area contributed by atoms with Crippen molar-refractivity contribution in [3.8, 4) is 5.75 Å². The number of benzene rings is 2. The quantitative estimate of drug-likeness (QED) is 0.561. The van der Waals surface area contributed by atoms with Gasteiger partial charge in [0.15, 0.2) is 0 Å². The molecule has 0 aliphatic heterocycles. The van der Waals surface area contributed by atoms with Gasteiger partial charge in [0.05, 0.1) is 6.61 Å². The van der Waals surface area contributed by atoms with E-state index in [0.29, 0.717) is 19.7 Å². The first-order chi connectivity index (χ1) is 14.4. The van der Waals surface area contributed by atoms with E-state index in [1.807, 2.05) is 6.07 Å². The van der Waals surface area contributed by atoms with E-state index in [1.54, 1.807) is 24.1 Å². The lowest BCUT2D eigenvalue weighted by Gasteiger charge is -2.25. The maximum atomic E-state index is 13.1. The summed E-state index contributed by atoms with van der Waals surface area (Å²) in [4.78, 5) is 14.5. The van der Waals surface area contributed by atoms with Gasteiger partial charge in [-0.15, -0.1) is 0 Å². The second kappa shape index (κ2) is 10.0. The van der Waals surface area contributed by atoms with E-state index in [9.17, 15) is 17.6 Å². The molecule has 0 radical (unpaired) electrons. The summed E-state index contributed by atoms with van der Waals surface area (Å²) in [5, 5.41) is 0. The molecule has 0 N–H and O–H groups in total. The van der Waals surface area contributed by atoms with Crippen LogP contribution in [0.15, 0.2) is 53.4 Å². The lowest BCUT2D eigenvalue weighted by Crippen LogP contribution is -2.37. The normalized spacial score (nSPS) is 14.6. The highest BCUT2D eigenvalue weighted by Gasteiger charge is 2.27. The zero-order valence-corrected chi connectivity index (χ0v) is 17.7. The fourth-order valence-corrected chi connectivity index (χ4v) is 4.51. The van der Waals surface area contributed by atoms with Crippen molar-refractivity contribution in [3.05, 3.63) is 59.9 Å². The lowest BCUT2D eigenvalue weighted by atomic mass is 10.1. The van der Waals surface area contributed by atoms with Gasteiger partial charge < -0.3 is 13.8 Å². The van der Waals surface area contributed by atoms with Gasteiger partial charge in [-0.2, -0.15) is 8.42 Å². The van der Waals surface area contributed by atoms with E-state index in [2.05, 4.69) is 0 Å². The summed E-state index contributed by atoms with van der Waals surface area (Å²) < 4.78 is 48.3. The van der Waals surface area contributed by atoms with Gasteiger partial charge in [-0.3, -0.25) is 4.79 Å². The number of amides is 1. The molecule has 0 saturated heterocycles. The van der Waals surface area contributed by atoms with Gasteiger partial charge in [-0.25, -0.2) is 4.39 Å². The SMILES string of the molecule is COCCN(Cc1cccc(OS(=O)(=O)c2ccc(F)cc2)c1)C(=O)C1CCCC1. The molecule has 1 amide bonds. The largest absolute Gasteiger partial charge is 0.383 e. The van der Waals surface area contributed by atoms with E-state index >= 15 is 0 Å². The predicted octanol–water partition coefficient (Wildman–Crippen LogP) is 3.76. The molecule has 1 fully saturated rings. The Morgan fingerprint density at radius 1 is 1.13 bits per heavy atom. The lowest BCUT2D eigenvalue weighted by molar-refractivity contribution is -0.136. The van der Waals surface area contributed by atoms with E-state index < -0.39 is 15.9 Å². The molecule has 1 saturated carbocycles. The summed E-state index contributed by atoms with van der Waals surface area (Å²) in [5.74, 6) is -0.245. The number of rotatable bonds is 9. The van der Waals surface area contributed by atoms with Crippen LogP contribution in [0.3, 0.4) is 0 Å². The second-order valence-corrected chi connectivity index (χ2v) is 8.92. The molecule has 1 aliphatic carbocycles. The number of halogens is 1. The molecule has 0 aromatic heterocycles. The Kier molecular flexibility index (Phi) is 7.44. The third kappa shape index (κ3) is 5.79. The molecule has 162 valence electrons. The van der Waals surface area contributed by atoms with Crippen LogP contribution in [0.2, 0.25) is 0 Å². The fraction of sp³-hybridized carbons (Fsp3) is 0.409. The summed E-state index contributed by atoms with van der Waals surface area (Å²) in [6, 6.07) is 11.1. The van der Waals surface area contributed by atoms with Crippen molar-refractivity contribution in [3.63, 3.8) is 0 Å². The number of hydrogen-bond acceptors (Lipinski definition) is 5. The second-order valence-electron chi connectivity index (χ2n) is 7.37.